The molecule has 0 aromatic carbocycles. The summed E-state index contributed by atoms with van der Waals surface area (Å²) in [6.07, 6.45) is 12.4. The van der Waals surface area contributed by atoms with Crippen LogP contribution in [0.15, 0.2) is 23.3 Å². The number of aliphatic imine (C=N–C) groups is 1. The molecule has 23 heavy (non-hydrogen) atoms. The number of aromatic nitrogens is 1. The Morgan fingerprint density at radius 1 is 1.26 bits per heavy atom. The molecule has 0 unspecified atom stereocenters. The normalized spacial score (nSPS) is 15.7. The highest BCUT2D eigenvalue weighted by Gasteiger charge is 2.10. The van der Waals surface area contributed by atoms with Gasteiger partial charge in [0.25, 0.3) is 0 Å². The van der Waals surface area contributed by atoms with Crippen molar-refractivity contribution >= 4 is 11.8 Å². The molecule has 1 aliphatic heterocycles. The topological polar surface area (TPSA) is 52.6 Å². The van der Waals surface area contributed by atoms with Crippen LogP contribution in [0.5, 0.6) is 0 Å². The SMILES string of the molecule is C#CCNC(=NCc1ccc(N2CCCCCC2)nc1)NCC. The fourth-order valence-electron chi connectivity index (χ4n) is 2.64. The molecule has 5 nitrogen and oxygen atoms in total. The van der Waals surface area contributed by atoms with E-state index in [1.807, 2.05) is 13.1 Å². The summed E-state index contributed by atoms with van der Waals surface area (Å²) in [5.41, 5.74) is 1.10. The Morgan fingerprint density at radius 3 is 2.65 bits per heavy atom. The lowest BCUT2D eigenvalue weighted by atomic mass is 10.2. The molecule has 1 aliphatic rings. The molecule has 0 aliphatic carbocycles. The summed E-state index contributed by atoms with van der Waals surface area (Å²) >= 11 is 0. The highest BCUT2D eigenvalue weighted by Crippen LogP contribution is 2.17. The first kappa shape index (κ1) is 17.1. The van der Waals surface area contributed by atoms with Crippen molar-refractivity contribution in [2.45, 2.75) is 39.2 Å². The second kappa shape index (κ2) is 9.73. The Hall–Kier alpha value is -2.22. The molecule has 0 radical (unpaired) electrons. The van der Waals surface area contributed by atoms with E-state index in [0.717, 1.165) is 37.0 Å². The lowest BCUT2D eigenvalue weighted by Crippen LogP contribution is -2.37. The monoisotopic (exact) mass is 313 g/mol. The van der Waals surface area contributed by atoms with Crippen molar-refractivity contribution in [1.29, 1.82) is 0 Å². The van der Waals surface area contributed by atoms with Gasteiger partial charge in [0.15, 0.2) is 5.96 Å². The van der Waals surface area contributed by atoms with Gasteiger partial charge in [-0.05, 0) is 31.4 Å². The maximum absolute atomic E-state index is 5.27. The molecule has 1 aromatic rings. The molecule has 1 aromatic heterocycles. The summed E-state index contributed by atoms with van der Waals surface area (Å²) in [5, 5.41) is 6.26. The third-order valence-corrected chi connectivity index (χ3v) is 3.86. The van der Waals surface area contributed by atoms with Crippen LogP contribution in [0.3, 0.4) is 0 Å². The first-order valence-corrected chi connectivity index (χ1v) is 8.49. The lowest BCUT2D eigenvalue weighted by molar-refractivity contribution is 0.726. The van der Waals surface area contributed by atoms with Crippen LogP contribution < -0.4 is 15.5 Å². The average molecular weight is 313 g/mol. The number of hydrogen-bond donors (Lipinski definition) is 2. The fraction of sp³-hybridized carbons (Fsp3) is 0.556. The van der Waals surface area contributed by atoms with E-state index < -0.39 is 0 Å². The zero-order chi connectivity index (χ0) is 16.3. The molecule has 0 amide bonds. The van der Waals surface area contributed by atoms with E-state index in [-0.39, 0.29) is 0 Å². The number of pyridine rings is 1. The molecule has 1 fully saturated rings. The van der Waals surface area contributed by atoms with E-state index in [4.69, 9.17) is 6.42 Å². The minimum Gasteiger partial charge on any atom is -0.357 e. The zero-order valence-electron chi connectivity index (χ0n) is 14.0. The Bertz CT molecular complexity index is 521. The Morgan fingerprint density at radius 2 is 2.04 bits per heavy atom. The summed E-state index contributed by atoms with van der Waals surface area (Å²) < 4.78 is 0. The van der Waals surface area contributed by atoms with E-state index in [1.54, 1.807) is 0 Å². The van der Waals surface area contributed by atoms with Crippen LogP contribution in [0, 0.1) is 12.3 Å². The first-order chi connectivity index (χ1) is 11.3. The molecule has 0 bridgehead atoms. The number of terminal acetylenes is 1. The van der Waals surface area contributed by atoms with Gasteiger partial charge in [-0.25, -0.2) is 9.98 Å². The second-order valence-corrected chi connectivity index (χ2v) is 5.68. The predicted molar refractivity (Wildman–Crippen MR) is 96.6 cm³/mol. The van der Waals surface area contributed by atoms with Crippen LogP contribution in [0.25, 0.3) is 0 Å². The third-order valence-electron chi connectivity index (χ3n) is 3.86. The van der Waals surface area contributed by atoms with E-state index in [0.29, 0.717) is 13.1 Å². The molecular weight excluding hydrogens is 286 g/mol. The standard InChI is InChI=1S/C18H27N5/c1-3-11-20-18(19-4-2)22-15-16-9-10-17(21-14-16)23-12-7-5-6-8-13-23/h1,9-10,14H,4-8,11-13,15H2,2H3,(H2,19,20,22). The Kier molecular flexibility index (Phi) is 7.25. The maximum Gasteiger partial charge on any atom is 0.192 e. The largest absolute Gasteiger partial charge is 0.357 e. The van der Waals surface area contributed by atoms with Crippen molar-refractivity contribution in [3.63, 3.8) is 0 Å². The summed E-state index contributed by atoms with van der Waals surface area (Å²) in [4.78, 5) is 11.5. The number of guanidine groups is 1. The average Bonchev–Trinajstić information content (AvgIpc) is 2.87. The van der Waals surface area contributed by atoms with Gasteiger partial charge in [0.1, 0.15) is 5.82 Å². The van der Waals surface area contributed by atoms with Crippen molar-refractivity contribution in [3.8, 4) is 12.3 Å². The van der Waals surface area contributed by atoms with Crippen LogP contribution in [-0.2, 0) is 6.54 Å². The van der Waals surface area contributed by atoms with Crippen molar-refractivity contribution in [2.75, 3.05) is 31.1 Å². The van der Waals surface area contributed by atoms with Gasteiger partial charge in [-0.15, -0.1) is 6.42 Å². The van der Waals surface area contributed by atoms with E-state index in [1.165, 1.54) is 25.7 Å². The summed E-state index contributed by atoms with van der Waals surface area (Å²) in [6, 6.07) is 4.22. The molecule has 0 spiro atoms. The summed E-state index contributed by atoms with van der Waals surface area (Å²) in [5.74, 6) is 4.37. The molecule has 2 rings (SSSR count). The summed E-state index contributed by atoms with van der Waals surface area (Å²) in [6.45, 7) is 6.13. The van der Waals surface area contributed by atoms with Crippen molar-refractivity contribution in [2.24, 2.45) is 4.99 Å². The van der Waals surface area contributed by atoms with Crippen LogP contribution >= 0.6 is 0 Å². The highest BCUT2D eigenvalue weighted by molar-refractivity contribution is 5.79. The minimum atomic E-state index is 0.470. The van der Waals surface area contributed by atoms with Gasteiger partial charge in [-0.2, -0.15) is 0 Å². The lowest BCUT2D eigenvalue weighted by Gasteiger charge is -2.21. The molecule has 0 atom stereocenters. The first-order valence-electron chi connectivity index (χ1n) is 8.49. The van der Waals surface area contributed by atoms with E-state index >= 15 is 0 Å². The van der Waals surface area contributed by atoms with Crippen LogP contribution in [0.2, 0.25) is 0 Å². The zero-order valence-corrected chi connectivity index (χ0v) is 14.0. The number of anilines is 1. The number of rotatable bonds is 5. The van der Waals surface area contributed by atoms with Gasteiger partial charge < -0.3 is 15.5 Å². The molecule has 124 valence electrons. The summed E-state index contributed by atoms with van der Waals surface area (Å²) in [7, 11) is 0. The smallest absolute Gasteiger partial charge is 0.192 e. The predicted octanol–water partition coefficient (Wildman–Crippen LogP) is 2.15. The van der Waals surface area contributed by atoms with Gasteiger partial charge in [-0.3, -0.25) is 0 Å². The van der Waals surface area contributed by atoms with Gasteiger partial charge in [-0.1, -0.05) is 24.8 Å². The molecular formula is C18H27N5. The fourth-order valence-corrected chi connectivity index (χ4v) is 2.64. The van der Waals surface area contributed by atoms with Gasteiger partial charge >= 0.3 is 0 Å². The van der Waals surface area contributed by atoms with E-state index in [9.17, 15) is 0 Å². The third kappa shape index (κ3) is 5.82. The highest BCUT2D eigenvalue weighted by atomic mass is 15.2. The van der Waals surface area contributed by atoms with Gasteiger partial charge in [0.2, 0.25) is 0 Å². The molecule has 2 N–H and O–H groups in total. The van der Waals surface area contributed by atoms with Gasteiger partial charge in [0.05, 0.1) is 13.1 Å². The van der Waals surface area contributed by atoms with E-state index in [2.05, 4.69) is 43.6 Å². The number of nitrogens with one attached hydrogen (secondary N) is 2. The van der Waals surface area contributed by atoms with Gasteiger partial charge in [0, 0.05) is 25.8 Å². The van der Waals surface area contributed by atoms with Crippen molar-refractivity contribution < 1.29 is 0 Å². The van der Waals surface area contributed by atoms with Crippen LogP contribution in [0.1, 0.15) is 38.2 Å². The Balaban J connectivity index is 1.94. The second-order valence-electron chi connectivity index (χ2n) is 5.68. The molecule has 1 saturated heterocycles. The van der Waals surface area contributed by atoms with Crippen LogP contribution in [0.4, 0.5) is 5.82 Å². The minimum absolute atomic E-state index is 0.470. The molecule has 2 heterocycles. The molecule has 0 saturated carbocycles. The molecule has 5 heteroatoms. The van der Waals surface area contributed by atoms with Crippen molar-refractivity contribution in [3.05, 3.63) is 23.9 Å². The number of nitrogens with zero attached hydrogens (tertiary/aromatic N) is 3. The quantitative estimate of drug-likeness (QED) is 0.497. The Labute approximate surface area is 139 Å². The van der Waals surface area contributed by atoms with Crippen molar-refractivity contribution in [1.82, 2.24) is 15.6 Å². The number of hydrogen-bond acceptors (Lipinski definition) is 3. The maximum atomic E-state index is 5.27. The van der Waals surface area contributed by atoms with Crippen LogP contribution in [-0.4, -0.2) is 37.1 Å².